The van der Waals surface area contributed by atoms with Gasteiger partial charge in [0.1, 0.15) is 11.7 Å². The molecule has 0 fully saturated rings. The summed E-state index contributed by atoms with van der Waals surface area (Å²) in [5.41, 5.74) is 0.765. The Balaban J connectivity index is 2.02. The number of benzene rings is 1. The first-order valence-electron chi connectivity index (χ1n) is 6.46. The van der Waals surface area contributed by atoms with Crippen molar-refractivity contribution in [3.63, 3.8) is 0 Å². The van der Waals surface area contributed by atoms with E-state index in [2.05, 4.69) is 10.1 Å². The summed E-state index contributed by atoms with van der Waals surface area (Å²) in [4.78, 5) is 39.2. The molecule has 0 saturated heterocycles. The largest absolute Gasteiger partial charge is 0.481 e. The molecule has 7 nitrogen and oxygen atoms in total. The van der Waals surface area contributed by atoms with Crippen LogP contribution in [0.25, 0.3) is 10.2 Å². The molecule has 1 unspecified atom stereocenters. The molecule has 1 N–H and O–H groups in total. The summed E-state index contributed by atoms with van der Waals surface area (Å²) in [6.45, 7) is 1.25. The maximum absolute atomic E-state index is 12.4. The van der Waals surface area contributed by atoms with Crippen molar-refractivity contribution in [2.24, 2.45) is 11.0 Å². The highest BCUT2D eigenvalue weighted by Crippen LogP contribution is 2.32. The fraction of sp³-hybridized carbons (Fsp3) is 0.214. The molecule has 0 spiro atoms. The first-order chi connectivity index (χ1) is 10.5. The molecule has 22 heavy (non-hydrogen) atoms. The molecule has 0 bridgehead atoms. The highest BCUT2D eigenvalue weighted by atomic mass is 32.1. The Kier molecular flexibility index (Phi) is 3.45. The lowest BCUT2D eigenvalue weighted by Crippen LogP contribution is -2.32. The number of hydrogen-bond donors (Lipinski definition) is 1. The van der Waals surface area contributed by atoms with Crippen molar-refractivity contribution in [3.05, 3.63) is 24.3 Å². The Morgan fingerprint density at radius 1 is 1.36 bits per heavy atom. The van der Waals surface area contributed by atoms with Crippen LogP contribution >= 0.6 is 11.3 Å². The predicted octanol–water partition coefficient (Wildman–Crippen LogP) is 1.68. The summed E-state index contributed by atoms with van der Waals surface area (Å²) in [7, 11) is 0. The van der Waals surface area contributed by atoms with Gasteiger partial charge in [-0.1, -0.05) is 23.5 Å². The summed E-state index contributed by atoms with van der Waals surface area (Å²) >= 11 is 1.26. The number of aliphatic carboxylic acids is 1. The lowest BCUT2D eigenvalue weighted by atomic mass is 9.97. The molecular formula is C14H11N3O4S. The average Bonchev–Trinajstić information content (AvgIpc) is 2.98. The quantitative estimate of drug-likeness (QED) is 0.865. The van der Waals surface area contributed by atoms with E-state index in [1.165, 1.54) is 18.3 Å². The second kappa shape index (κ2) is 5.30. The number of fused-ring (bicyclic) bond motifs is 1. The van der Waals surface area contributed by atoms with Crippen molar-refractivity contribution in [1.29, 1.82) is 0 Å². The number of carboxylic acid groups (broad SMARTS) is 1. The van der Waals surface area contributed by atoms with Crippen molar-refractivity contribution >= 4 is 50.1 Å². The molecule has 1 aliphatic heterocycles. The van der Waals surface area contributed by atoms with Gasteiger partial charge in [0.05, 0.1) is 22.3 Å². The Hall–Kier alpha value is -2.61. The second-order valence-electron chi connectivity index (χ2n) is 4.82. The molecule has 0 radical (unpaired) electrons. The van der Waals surface area contributed by atoms with Crippen molar-refractivity contribution in [2.45, 2.75) is 13.3 Å². The predicted molar refractivity (Wildman–Crippen MR) is 81.0 cm³/mol. The van der Waals surface area contributed by atoms with Crippen molar-refractivity contribution in [3.8, 4) is 0 Å². The minimum absolute atomic E-state index is 0.0456. The summed E-state index contributed by atoms with van der Waals surface area (Å²) in [5.74, 6) is -3.25. The van der Waals surface area contributed by atoms with E-state index >= 15 is 0 Å². The highest BCUT2D eigenvalue weighted by molar-refractivity contribution is 7.22. The minimum atomic E-state index is -1.14. The van der Waals surface area contributed by atoms with Crippen molar-refractivity contribution in [1.82, 2.24) is 4.98 Å². The Morgan fingerprint density at radius 3 is 2.73 bits per heavy atom. The van der Waals surface area contributed by atoms with Gasteiger partial charge in [0.2, 0.25) is 5.13 Å². The minimum Gasteiger partial charge on any atom is -0.481 e. The van der Waals surface area contributed by atoms with Gasteiger partial charge in [-0.2, -0.15) is 10.1 Å². The van der Waals surface area contributed by atoms with Gasteiger partial charge in [0, 0.05) is 0 Å². The van der Waals surface area contributed by atoms with Crippen LogP contribution in [0.4, 0.5) is 5.13 Å². The van der Waals surface area contributed by atoms with Crippen LogP contribution < -0.4 is 5.01 Å². The Morgan fingerprint density at radius 2 is 2.09 bits per heavy atom. The zero-order valence-corrected chi connectivity index (χ0v) is 12.3. The molecule has 1 aromatic carbocycles. The lowest BCUT2D eigenvalue weighted by molar-refractivity contribution is -0.135. The van der Waals surface area contributed by atoms with Crippen LogP contribution in [0.15, 0.2) is 29.4 Å². The van der Waals surface area contributed by atoms with Gasteiger partial charge in [0.15, 0.2) is 0 Å². The van der Waals surface area contributed by atoms with Gasteiger partial charge in [-0.3, -0.25) is 14.4 Å². The molecule has 0 aliphatic carbocycles. The van der Waals surface area contributed by atoms with E-state index in [0.717, 1.165) is 15.2 Å². The molecule has 1 aromatic heterocycles. The maximum atomic E-state index is 12.4. The van der Waals surface area contributed by atoms with Gasteiger partial charge >= 0.3 is 5.97 Å². The van der Waals surface area contributed by atoms with E-state index in [-0.39, 0.29) is 5.71 Å². The van der Waals surface area contributed by atoms with Gasteiger partial charge in [-0.15, -0.1) is 0 Å². The molecule has 2 heterocycles. The summed E-state index contributed by atoms with van der Waals surface area (Å²) in [6, 6.07) is 7.35. The molecule has 8 heteroatoms. The van der Waals surface area contributed by atoms with Crippen LogP contribution in [0.2, 0.25) is 0 Å². The van der Waals surface area contributed by atoms with E-state index in [1.54, 1.807) is 6.07 Å². The molecular weight excluding hydrogens is 306 g/mol. The summed E-state index contributed by atoms with van der Waals surface area (Å²) in [5, 5.41) is 14.3. The number of aromatic nitrogens is 1. The Labute approximate surface area is 128 Å². The van der Waals surface area contributed by atoms with E-state index in [9.17, 15) is 14.4 Å². The standard InChI is InChI=1S/C14H11N3O4S/c1-7(18)12-9(6-11(19)20)16-17(13(12)21)14-15-8-4-2-3-5-10(8)22-14/h2-5,12H,6H2,1H3,(H,19,20). The molecule has 1 aliphatic rings. The summed E-state index contributed by atoms with van der Waals surface area (Å²) < 4.78 is 0.881. The number of ketones is 1. The van der Waals surface area contributed by atoms with Gasteiger partial charge in [-0.05, 0) is 19.1 Å². The SMILES string of the molecule is CC(=O)C1C(=O)N(c2nc3ccccc3s2)N=C1CC(=O)O. The normalized spacial score (nSPS) is 17.9. The third-order valence-corrected chi connectivity index (χ3v) is 4.23. The number of para-hydroxylation sites is 1. The lowest BCUT2D eigenvalue weighted by Gasteiger charge is -2.08. The third kappa shape index (κ3) is 2.37. The van der Waals surface area contributed by atoms with E-state index in [0.29, 0.717) is 5.13 Å². The van der Waals surface area contributed by atoms with Crippen LogP contribution in [0, 0.1) is 5.92 Å². The van der Waals surface area contributed by atoms with Crippen LogP contribution in [-0.2, 0) is 14.4 Å². The number of hydrogen-bond acceptors (Lipinski definition) is 6. The number of thiazole rings is 1. The molecule has 1 atom stereocenters. The average molecular weight is 317 g/mol. The molecule has 3 rings (SSSR count). The Bertz CT molecular complexity index is 793. The van der Waals surface area contributed by atoms with E-state index in [4.69, 9.17) is 5.11 Å². The first-order valence-corrected chi connectivity index (χ1v) is 7.28. The van der Waals surface area contributed by atoms with Crippen LogP contribution in [0.5, 0.6) is 0 Å². The van der Waals surface area contributed by atoms with Crippen molar-refractivity contribution in [2.75, 3.05) is 5.01 Å². The number of nitrogens with zero attached hydrogens (tertiary/aromatic N) is 3. The fourth-order valence-corrected chi connectivity index (χ4v) is 3.21. The van der Waals surface area contributed by atoms with Crippen LogP contribution in [-0.4, -0.2) is 33.5 Å². The number of anilines is 1. The number of hydrazone groups is 1. The topological polar surface area (TPSA) is 99.9 Å². The van der Waals surface area contributed by atoms with Gasteiger partial charge in [0.25, 0.3) is 5.91 Å². The number of Topliss-reactive ketones (excluding diaryl/α,β-unsaturated/α-hetero) is 1. The van der Waals surface area contributed by atoms with Crippen LogP contribution in [0.3, 0.4) is 0 Å². The van der Waals surface area contributed by atoms with Crippen molar-refractivity contribution < 1.29 is 19.5 Å². The van der Waals surface area contributed by atoms with Gasteiger partial charge in [-0.25, -0.2) is 4.98 Å². The first kappa shape index (κ1) is 14.3. The number of carbonyl (C=O) groups excluding carboxylic acids is 2. The third-order valence-electron chi connectivity index (χ3n) is 3.22. The smallest absolute Gasteiger partial charge is 0.309 e. The van der Waals surface area contributed by atoms with Crippen LogP contribution in [0.1, 0.15) is 13.3 Å². The maximum Gasteiger partial charge on any atom is 0.309 e. The summed E-state index contributed by atoms with van der Waals surface area (Å²) in [6.07, 6.45) is -0.447. The molecule has 0 saturated carbocycles. The fourth-order valence-electron chi connectivity index (χ4n) is 2.29. The molecule has 2 aromatic rings. The second-order valence-corrected chi connectivity index (χ2v) is 5.83. The zero-order valence-electron chi connectivity index (χ0n) is 11.5. The van der Waals surface area contributed by atoms with E-state index in [1.807, 2.05) is 18.2 Å². The molecule has 1 amide bonds. The number of rotatable bonds is 4. The number of amides is 1. The zero-order chi connectivity index (χ0) is 15.9. The van der Waals surface area contributed by atoms with E-state index < -0.39 is 30.0 Å². The monoisotopic (exact) mass is 317 g/mol. The number of carbonyl (C=O) groups is 3. The number of carboxylic acids is 1. The molecule has 112 valence electrons. The highest BCUT2D eigenvalue weighted by Gasteiger charge is 2.41. The van der Waals surface area contributed by atoms with Gasteiger partial charge < -0.3 is 5.11 Å².